The fourth-order valence-electron chi connectivity index (χ4n) is 1.87. The minimum absolute atomic E-state index is 0.154. The first-order valence-corrected chi connectivity index (χ1v) is 7.05. The van der Waals surface area contributed by atoms with Crippen molar-refractivity contribution in [1.29, 1.82) is 0 Å². The van der Waals surface area contributed by atoms with Gasteiger partial charge in [0, 0.05) is 5.69 Å². The number of halogens is 3. The molecule has 1 N–H and O–H groups in total. The van der Waals surface area contributed by atoms with Gasteiger partial charge in [0.15, 0.2) is 0 Å². The van der Waals surface area contributed by atoms with Crippen LogP contribution in [-0.4, -0.2) is 5.91 Å². The number of hydrogen-bond donors (Lipinski definition) is 1. The van der Waals surface area contributed by atoms with Crippen molar-refractivity contribution in [3.63, 3.8) is 0 Å². The van der Waals surface area contributed by atoms with Crippen molar-refractivity contribution < 1.29 is 4.79 Å². The lowest BCUT2D eigenvalue weighted by molar-refractivity contribution is 0.102. The van der Waals surface area contributed by atoms with Crippen molar-refractivity contribution in [3.05, 3.63) is 62.1 Å². The van der Waals surface area contributed by atoms with E-state index in [2.05, 4.69) is 5.32 Å². The van der Waals surface area contributed by atoms with Crippen molar-refractivity contribution >= 4 is 46.4 Å². The number of anilines is 1. The van der Waals surface area contributed by atoms with Crippen molar-refractivity contribution in [1.82, 2.24) is 0 Å². The monoisotopic (exact) mass is 327 g/mol. The van der Waals surface area contributed by atoms with Gasteiger partial charge in [-0.15, -0.1) is 0 Å². The number of nitrogens with one attached hydrogen (secondary N) is 1. The lowest BCUT2D eigenvalue weighted by atomic mass is 10.1. The molecule has 0 spiro atoms. The van der Waals surface area contributed by atoms with E-state index in [1.54, 1.807) is 12.1 Å². The van der Waals surface area contributed by atoms with Gasteiger partial charge in [-0.1, -0.05) is 52.5 Å². The van der Waals surface area contributed by atoms with Gasteiger partial charge >= 0.3 is 0 Å². The molecular weight excluding hydrogens is 317 g/mol. The lowest BCUT2D eigenvalue weighted by Gasteiger charge is -2.11. The van der Waals surface area contributed by atoms with E-state index < -0.39 is 0 Å². The fraction of sp³-hybridized carbons (Fsp3) is 0.133. The maximum Gasteiger partial charge on any atom is 0.258 e. The molecular formula is C15H12Cl3NO. The normalized spacial score (nSPS) is 10.4. The van der Waals surface area contributed by atoms with E-state index in [9.17, 15) is 4.79 Å². The Labute approximate surface area is 132 Å². The van der Waals surface area contributed by atoms with Crippen LogP contribution in [0.15, 0.2) is 30.3 Å². The molecule has 1 amide bonds. The number of aryl methyl sites for hydroxylation is 2. The highest BCUT2D eigenvalue weighted by atomic mass is 35.5. The first-order valence-electron chi connectivity index (χ1n) is 5.92. The highest BCUT2D eigenvalue weighted by Gasteiger charge is 2.17. The first-order chi connectivity index (χ1) is 9.40. The molecule has 0 radical (unpaired) electrons. The van der Waals surface area contributed by atoms with Gasteiger partial charge < -0.3 is 5.32 Å². The average Bonchev–Trinajstić information content (AvgIpc) is 2.38. The zero-order valence-corrected chi connectivity index (χ0v) is 13.2. The molecule has 104 valence electrons. The van der Waals surface area contributed by atoms with Gasteiger partial charge in [0.1, 0.15) is 0 Å². The molecule has 2 rings (SSSR count). The summed E-state index contributed by atoms with van der Waals surface area (Å²) >= 11 is 18.0. The summed E-state index contributed by atoms with van der Waals surface area (Å²) in [4.78, 5) is 12.3. The van der Waals surface area contributed by atoms with E-state index in [0.717, 1.165) is 11.1 Å². The molecule has 5 heteroatoms. The maximum atomic E-state index is 12.3. The van der Waals surface area contributed by atoms with Crippen LogP contribution in [0.4, 0.5) is 5.69 Å². The van der Waals surface area contributed by atoms with Gasteiger partial charge in [-0.25, -0.2) is 0 Å². The van der Waals surface area contributed by atoms with Gasteiger partial charge in [0.05, 0.1) is 20.6 Å². The molecule has 2 aromatic carbocycles. The van der Waals surface area contributed by atoms with Crippen molar-refractivity contribution in [2.45, 2.75) is 13.8 Å². The summed E-state index contributed by atoms with van der Waals surface area (Å²) in [5.41, 5.74) is 2.99. The first kappa shape index (κ1) is 15.2. The Morgan fingerprint density at radius 2 is 1.65 bits per heavy atom. The molecule has 0 aliphatic rings. The standard InChI is InChI=1S/C15H12Cl3NO/c1-8-3-6-12(9(2)7-8)19-15(20)13-10(16)4-5-11(17)14(13)18/h3-7H,1-2H3,(H,19,20). The molecule has 2 nitrogen and oxygen atoms in total. The van der Waals surface area contributed by atoms with Gasteiger partial charge in [0.2, 0.25) is 0 Å². The van der Waals surface area contributed by atoms with E-state index in [1.165, 1.54) is 0 Å². The highest BCUT2D eigenvalue weighted by Crippen LogP contribution is 2.32. The molecule has 0 heterocycles. The second kappa shape index (κ2) is 6.04. The molecule has 0 aliphatic heterocycles. The van der Waals surface area contributed by atoms with Crippen LogP contribution in [0.1, 0.15) is 21.5 Å². The SMILES string of the molecule is Cc1ccc(NC(=O)c2c(Cl)ccc(Cl)c2Cl)c(C)c1. The van der Waals surface area contributed by atoms with E-state index in [1.807, 2.05) is 32.0 Å². The largest absolute Gasteiger partial charge is 0.322 e. The third-order valence-corrected chi connectivity index (χ3v) is 4.02. The molecule has 0 aliphatic carbocycles. The van der Waals surface area contributed by atoms with Crippen LogP contribution in [0.2, 0.25) is 15.1 Å². The number of carbonyl (C=O) groups excluding carboxylic acids is 1. The number of benzene rings is 2. The van der Waals surface area contributed by atoms with Crippen molar-refractivity contribution in [2.24, 2.45) is 0 Å². The van der Waals surface area contributed by atoms with Crippen LogP contribution in [-0.2, 0) is 0 Å². The lowest BCUT2D eigenvalue weighted by Crippen LogP contribution is -2.14. The van der Waals surface area contributed by atoms with Crippen molar-refractivity contribution in [2.75, 3.05) is 5.32 Å². The van der Waals surface area contributed by atoms with Crippen LogP contribution >= 0.6 is 34.8 Å². The number of rotatable bonds is 2. The third-order valence-electron chi connectivity index (χ3n) is 2.90. The van der Waals surface area contributed by atoms with Crippen LogP contribution < -0.4 is 5.32 Å². The number of carbonyl (C=O) groups is 1. The molecule has 0 unspecified atom stereocenters. The molecule has 0 saturated heterocycles. The zero-order valence-electron chi connectivity index (χ0n) is 10.9. The van der Waals surface area contributed by atoms with Crippen molar-refractivity contribution in [3.8, 4) is 0 Å². The predicted molar refractivity (Wildman–Crippen MR) is 85.3 cm³/mol. The van der Waals surface area contributed by atoms with E-state index in [4.69, 9.17) is 34.8 Å². The zero-order chi connectivity index (χ0) is 14.9. The fourth-order valence-corrected chi connectivity index (χ4v) is 2.57. The topological polar surface area (TPSA) is 29.1 Å². The summed E-state index contributed by atoms with van der Waals surface area (Å²) in [7, 11) is 0. The van der Waals surface area contributed by atoms with Crippen LogP contribution in [0, 0.1) is 13.8 Å². The smallest absolute Gasteiger partial charge is 0.258 e. The summed E-state index contributed by atoms with van der Waals surface area (Å²) < 4.78 is 0. The summed E-state index contributed by atoms with van der Waals surface area (Å²) in [5.74, 6) is -0.380. The molecule has 2 aromatic rings. The molecule has 0 aromatic heterocycles. The Hall–Kier alpha value is -1.22. The van der Waals surface area contributed by atoms with E-state index in [0.29, 0.717) is 10.7 Å². The predicted octanol–water partition coefficient (Wildman–Crippen LogP) is 5.52. The molecule has 0 atom stereocenters. The van der Waals surface area contributed by atoms with Gasteiger partial charge in [-0.05, 0) is 37.6 Å². The Kier molecular flexibility index (Phi) is 4.59. The van der Waals surface area contributed by atoms with Gasteiger partial charge in [-0.2, -0.15) is 0 Å². The Morgan fingerprint density at radius 1 is 1.00 bits per heavy atom. The van der Waals surface area contributed by atoms with E-state index in [-0.39, 0.29) is 21.5 Å². The number of amides is 1. The summed E-state index contributed by atoms with van der Waals surface area (Å²) in [5, 5.41) is 3.51. The highest BCUT2D eigenvalue weighted by molar-refractivity contribution is 6.46. The summed E-state index contributed by atoms with van der Waals surface area (Å²) in [6, 6.07) is 8.85. The minimum Gasteiger partial charge on any atom is -0.322 e. The van der Waals surface area contributed by atoms with Gasteiger partial charge in [0.25, 0.3) is 5.91 Å². The number of hydrogen-bond acceptors (Lipinski definition) is 1. The van der Waals surface area contributed by atoms with E-state index >= 15 is 0 Å². The molecule has 0 bridgehead atoms. The Balaban J connectivity index is 2.36. The van der Waals surface area contributed by atoms with Crippen LogP contribution in [0.5, 0.6) is 0 Å². The molecule has 20 heavy (non-hydrogen) atoms. The quantitative estimate of drug-likeness (QED) is 0.723. The maximum absolute atomic E-state index is 12.3. The third kappa shape index (κ3) is 3.09. The second-order valence-electron chi connectivity index (χ2n) is 4.49. The Bertz CT molecular complexity index is 683. The second-order valence-corrected chi connectivity index (χ2v) is 5.68. The van der Waals surface area contributed by atoms with Crippen LogP contribution in [0.25, 0.3) is 0 Å². The van der Waals surface area contributed by atoms with Crippen LogP contribution in [0.3, 0.4) is 0 Å². The Morgan fingerprint density at radius 3 is 2.30 bits per heavy atom. The summed E-state index contributed by atoms with van der Waals surface area (Å²) in [6.07, 6.45) is 0. The molecule has 0 saturated carbocycles. The summed E-state index contributed by atoms with van der Waals surface area (Å²) in [6.45, 7) is 3.91. The van der Waals surface area contributed by atoms with Gasteiger partial charge in [-0.3, -0.25) is 4.79 Å². The molecule has 0 fully saturated rings. The average molecular weight is 329 g/mol. The minimum atomic E-state index is -0.380.